The van der Waals surface area contributed by atoms with Crippen molar-refractivity contribution in [1.29, 1.82) is 0 Å². The second-order valence-corrected chi connectivity index (χ2v) is 7.45. The molecule has 1 spiro atoms. The van der Waals surface area contributed by atoms with Crippen molar-refractivity contribution in [2.75, 3.05) is 27.2 Å². The summed E-state index contributed by atoms with van der Waals surface area (Å²) in [5.74, 6) is 1.44. The Morgan fingerprint density at radius 3 is 2.56 bits per heavy atom. The van der Waals surface area contributed by atoms with Gasteiger partial charge in [-0.05, 0) is 18.1 Å². The number of nitrogens with zero attached hydrogens (tertiary/aromatic N) is 2. The predicted octanol–water partition coefficient (Wildman–Crippen LogP) is 2.80. The summed E-state index contributed by atoms with van der Waals surface area (Å²) in [6.07, 6.45) is 3.57. The number of likely N-dealkylation sites (tertiary alicyclic amines) is 1. The molecule has 0 aromatic heterocycles. The van der Waals surface area contributed by atoms with Gasteiger partial charge in [0.2, 0.25) is 11.8 Å². The van der Waals surface area contributed by atoms with Crippen LogP contribution in [0, 0.1) is 0 Å². The van der Waals surface area contributed by atoms with Gasteiger partial charge in [0.25, 0.3) is 0 Å². The molecule has 1 fully saturated rings. The summed E-state index contributed by atoms with van der Waals surface area (Å²) < 4.78 is 6.43. The van der Waals surface area contributed by atoms with Gasteiger partial charge in [-0.3, -0.25) is 9.59 Å². The number of carbonyl (C=O) groups excluding carboxylic acids is 2. The Hall–Kier alpha value is -2.04. The van der Waals surface area contributed by atoms with Crippen LogP contribution in [0.25, 0.3) is 0 Å². The molecule has 1 aromatic carbocycles. The van der Waals surface area contributed by atoms with E-state index >= 15 is 0 Å². The normalized spacial score (nSPS) is 21.4. The molecule has 2 heterocycles. The topological polar surface area (TPSA) is 49.9 Å². The van der Waals surface area contributed by atoms with E-state index < -0.39 is 0 Å². The van der Waals surface area contributed by atoms with Crippen molar-refractivity contribution >= 4 is 11.8 Å². The second-order valence-electron chi connectivity index (χ2n) is 7.45. The number of amides is 2. The molecule has 0 radical (unpaired) electrons. The van der Waals surface area contributed by atoms with Crippen molar-refractivity contribution in [2.24, 2.45) is 0 Å². The molecular formula is C20H28N2O3. The van der Waals surface area contributed by atoms with Crippen molar-refractivity contribution in [1.82, 2.24) is 9.80 Å². The lowest BCUT2D eigenvalue weighted by Gasteiger charge is -2.47. The molecule has 1 saturated heterocycles. The Morgan fingerprint density at radius 2 is 1.92 bits per heavy atom. The minimum absolute atomic E-state index is 0.149. The first kappa shape index (κ1) is 17.8. The maximum Gasteiger partial charge on any atom is 0.222 e. The van der Waals surface area contributed by atoms with Crippen LogP contribution in [0.1, 0.15) is 50.5 Å². The number of carbonyl (C=O) groups is 2. The third kappa shape index (κ3) is 3.65. The second kappa shape index (κ2) is 7.06. The van der Waals surface area contributed by atoms with Gasteiger partial charge < -0.3 is 14.5 Å². The Kier molecular flexibility index (Phi) is 5.02. The maximum absolute atomic E-state index is 12.3. The summed E-state index contributed by atoms with van der Waals surface area (Å²) in [6, 6.07) is 8.08. The zero-order valence-corrected chi connectivity index (χ0v) is 15.5. The van der Waals surface area contributed by atoms with Crippen molar-refractivity contribution in [3.8, 4) is 5.75 Å². The summed E-state index contributed by atoms with van der Waals surface area (Å²) in [6.45, 7) is 3.38. The van der Waals surface area contributed by atoms with Gasteiger partial charge in [-0.25, -0.2) is 0 Å². The van der Waals surface area contributed by atoms with E-state index in [1.807, 2.05) is 30.0 Å². The van der Waals surface area contributed by atoms with Gasteiger partial charge >= 0.3 is 0 Å². The van der Waals surface area contributed by atoms with Crippen molar-refractivity contribution in [3.63, 3.8) is 0 Å². The number of para-hydroxylation sites is 1. The summed E-state index contributed by atoms with van der Waals surface area (Å²) in [5, 5.41) is 0. The SMILES string of the molecule is CCC(=O)N1CCC2(CC1)C[C@H](CC(=O)N(C)C)c1ccccc1O2. The van der Waals surface area contributed by atoms with Crippen LogP contribution in [-0.2, 0) is 9.59 Å². The fraction of sp³-hybridized carbons (Fsp3) is 0.600. The Morgan fingerprint density at radius 1 is 1.24 bits per heavy atom. The van der Waals surface area contributed by atoms with Crippen LogP contribution in [0.3, 0.4) is 0 Å². The van der Waals surface area contributed by atoms with Gasteiger partial charge in [0.15, 0.2) is 0 Å². The van der Waals surface area contributed by atoms with Crippen LogP contribution >= 0.6 is 0 Å². The van der Waals surface area contributed by atoms with Crippen LogP contribution in [0.4, 0.5) is 0 Å². The number of hydrogen-bond acceptors (Lipinski definition) is 3. The molecule has 0 N–H and O–H groups in total. The fourth-order valence-corrected chi connectivity index (χ4v) is 4.01. The van der Waals surface area contributed by atoms with Gasteiger partial charge in [0, 0.05) is 58.8 Å². The van der Waals surface area contributed by atoms with E-state index in [0.717, 1.165) is 43.7 Å². The van der Waals surface area contributed by atoms with Crippen LogP contribution in [0.15, 0.2) is 24.3 Å². The Labute approximate surface area is 149 Å². The first-order valence-electron chi connectivity index (χ1n) is 9.20. The number of ether oxygens (including phenoxy) is 1. The standard InChI is InChI=1S/C20H28N2O3/c1-4-18(23)22-11-9-20(10-12-22)14-15(13-19(24)21(2)3)16-7-5-6-8-17(16)25-20/h5-8,15H,4,9-14H2,1-3H3/t15-/m0/s1. The molecule has 2 amide bonds. The molecule has 136 valence electrons. The highest BCUT2D eigenvalue weighted by Crippen LogP contribution is 2.46. The predicted molar refractivity (Wildman–Crippen MR) is 96.6 cm³/mol. The van der Waals surface area contributed by atoms with Gasteiger partial charge in [0.05, 0.1) is 0 Å². The smallest absolute Gasteiger partial charge is 0.222 e. The highest BCUT2D eigenvalue weighted by atomic mass is 16.5. The average molecular weight is 344 g/mol. The Balaban J connectivity index is 1.80. The zero-order chi connectivity index (χ0) is 18.0. The van der Waals surface area contributed by atoms with Gasteiger partial charge in [0.1, 0.15) is 11.4 Å². The summed E-state index contributed by atoms with van der Waals surface area (Å²) >= 11 is 0. The quantitative estimate of drug-likeness (QED) is 0.847. The van der Waals surface area contributed by atoms with E-state index in [9.17, 15) is 9.59 Å². The minimum Gasteiger partial charge on any atom is -0.487 e. The fourth-order valence-electron chi connectivity index (χ4n) is 4.01. The first-order valence-corrected chi connectivity index (χ1v) is 9.20. The molecule has 2 aliphatic rings. The van der Waals surface area contributed by atoms with E-state index in [4.69, 9.17) is 4.74 Å². The largest absolute Gasteiger partial charge is 0.487 e. The van der Waals surface area contributed by atoms with Gasteiger partial charge in [-0.15, -0.1) is 0 Å². The third-order valence-electron chi connectivity index (χ3n) is 5.55. The monoisotopic (exact) mass is 344 g/mol. The van der Waals surface area contributed by atoms with Crippen LogP contribution in [-0.4, -0.2) is 54.4 Å². The molecule has 0 unspecified atom stereocenters. The summed E-state index contributed by atoms with van der Waals surface area (Å²) in [5.41, 5.74) is 0.881. The highest BCUT2D eigenvalue weighted by molar-refractivity contribution is 5.77. The van der Waals surface area contributed by atoms with Crippen molar-refractivity contribution in [2.45, 2.75) is 50.5 Å². The molecule has 5 nitrogen and oxygen atoms in total. The lowest BCUT2D eigenvalue weighted by atomic mass is 9.76. The van der Waals surface area contributed by atoms with E-state index in [1.165, 1.54) is 0 Å². The van der Waals surface area contributed by atoms with Gasteiger partial charge in [-0.2, -0.15) is 0 Å². The van der Waals surface area contributed by atoms with Crippen molar-refractivity contribution in [3.05, 3.63) is 29.8 Å². The summed E-state index contributed by atoms with van der Waals surface area (Å²) in [4.78, 5) is 27.9. The number of rotatable bonds is 3. The minimum atomic E-state index is -0.254. The first-order chi connectivity index (χ1) is 11.9. The molecule has 1 aromatic rings. The molecule has 0 aliphatic carbocycles. The molecule has 25 heavy (non-hydrogen) atoms. The number of hydrogen-bond donors (Lipinski definition) is 0. The van der Waals surface area contributed by atoms with E-state index in [1.54, 1.807) is 19.0 Å². The lowest BCUT2D eigenvalue weighted by molar-refractivity contribution is -0.135. The molecule has 0 saturated carbocycles. The molecule has 2 aliphatic heterocycles. The Bertz CT molecular complexity index is 648. The molecule has 5 heteroatoms. The van der Waals surface area contributed by atoms with Crippen LogP contribution in [0.5, 0.6) is 5.75 Å². The van der Waals surface area contributed by atoms with Gasteiger partial charge in [-0.1, -0.05) is 25.1 Å². The molecule has 1 atom stereocenters. The molecule has 3 rings (SSSR count). The van der Waals surface area contributed by atoms with E-state index in [2.05, 4.69) is 6.07 Å². The number of piperidine rings is 1. The van der Waals surface area contributed by atoms with E-state index in [-0.39, 0.29) is 23.3 Å². The number of benzene rings is 1. The lowest BCUT2D eigenvalue weighted by Crippen LogP contribution is -2.52. The van der Waals surface area contributed by atoms with E-state index in [0.29, 0.717) is 12.8 Å². The average Bonchev–Trinajstić information content (AvgIpc) is 2.61. The maximum atomic E-state index is 12.3. The summed E-state index contributed by atoms with van der Waals surface area (Å²) in [7, 11) is 3.61. The molecule has 0 bridgehead atoms. The van der Waals surface area contributed by atoms with Crippen LogP contribution < -0.4 is 4.74 Å². The van der Waals surface area contributed by atoms with Crippen LogP contribution in [0.2, 0.25) is 0 Å². The van der Waals surface area contributed by atoms with Crippen molar-refractivity contribution < 1.29 is 14.3 Å². The third-order valence-corrected chi connectivity index (χ3v) is 5.55. The zero-order valence-electron chi connectivity index (χ0n) is 15.5. The highest BCUT2D eigenvalue weighted by Gasteiger charge is 2.44. The molecular weight excluding hydrogens is 316 g/mol. The number of fused-ring (bicyclic) bond motifs is 1.